The van der Waals surface area contributed by atoms with Gasteiger partial charge in [0.25, 0.3) is 0 Å². The molecule has 31 heavy (non-hydrogen) atoms. The van der Waals surface area contributed by atoms with Crippen molar-refractivity contribution >= 4 is 23.7 Å². The zero-order chi connectivity index (χ0) is 22.1. The maximum atomic E-state index is 13.4. The minimum atomic E-state index is -0.496. The lowest BCUT2D eigenvalue weighted by Gasteiger charge is -2.26. The number of rotatable bonds is 9. The third kappa shape index (κ3) is 7.03. The first-order valence-electron chi connectivity index (χ1n) is 10.7. The molecule has 0 radical (unpaired) electrons. The highest BCUT2D eigenvalue weighted by atomic mass is 32.2. The van der Waals surface area contributed by atoms with Crippen molar-refractivity contribution in [2.24, 2.45) is 0 Å². The lowest BCUT2D eigenvalue weighted by Crippen LogP contribution is -2.40. The van der Waals surface area contributed by atoms with Gasteiger partial charge in [-0.25, -0.2) is 9.18 Å². The molecule has 2 N–H and O–H groups in total. The van der Waals surface area contributed by atoms with Crippen LogP contribution in [0, 0.1) is 5.82 Å². The Morgan fingerprint density at radius 3 is 2.58 bits per heavy atom. The Bertz CT molecular complexity index is 867. The van der Waals surface area contributed by atoms with E-state index in [0.717, 1.165) is 50.3 Å². The quantitative estimate of drug-likeness (QED) is 0.452. The first-order chi connectivity index (χ1) is 15.1. The van der Waals surface area contributed by atoms with Crippen LogP contribution in [0.25, 0.3) is 5.69 Å². The molecule has 0 aliphatic carbocycles. The number of hydrogen-bond donors (Lipinski definition) is 2. The van der Waals surface area contributed by atoms with E-state index in [-0.39, 0.29) is 11.6 Å². The summed E-state index contributed by atoms with van der Waals surface area (Å²) >= 11 is 1.19. The van der Waals surface area contributed by atoms with Gasteiger partial charge in [-0.1, -0.05) is 31.5 Å². The topological polar surface area (TPSA) is 92.2 Å². The van der Waals surface area contributed by atoms with Crippen LogP contribution < -0.4 is 10.6 Å². The molecule has 1 aromatic heterocycles. The first-order valence-corrected chi connectivity index (χ1v) is 11.7. The molecular weight excluding hydrogens is 419 g/mol. The number of carbonyl (C=O) groups is 2. The highest BCUT2D eigenvalue weighted by molar-refractivity contribution is 7.99. The van der Waals surface area contributed by atoms with Crippen LogP contribution in [0.1, 0.15) is 44.9 Å². The summed E-state index contributed by atoms with van der Waals surface area (Å²) in [6.45, 7) is 5.21. The number of aromatic nitrogens is 3. The van der Waals surface area contributed by atoms with E-state index in [4.69, 9.17) is 0 Å². The summed E-state index contributed by atoms with van der Waals surface area (Å²) in [4.78, 5) is 26.3. The predicted molar refractivity (Wildman–Crippen MR) is 118 cm³/mol. The standard InChI is InChI=1S/C21H29FN6O2S/c1-2-3-11-23-20(30)24-19(29)15-31-21-26-25-18(14-27-12-5-4-6-13-27)28(21)17-9-7-16(22)8-10-17/h7-10H,2-6,11-15H2,1H3,(H2,23,24,29,30). The van der Waals surface area contributed by atoms with E-state index < -0.39 is 11.9 Å². The van der Waals surface area contributed by atoms with Crippen LogP contribution in [0.2, 0.25) is 0 Å². The Morgan fingerprint density at radius 1 is 1.13 bits per heavy atom. The van der Waals surface area contributed by atoms with Crippen molar-refractivity contribution in [3.63, 3.8) is 0 Å². The molecule has 1 aliphatic rings. The predicted octanol–water partition coefficient (Wildman–Crippen LogP) is 3.11. The fraction of sp³-hybridized carbons (Fsp3) is 0.524. The molecule has 1 saturated heterocycles. The number of nitrogens with zero attached hydrogens (tertiary/aromatic N) is 4. The van der Waals surface area contributed by atoms with Gasteiger partial charge in [0.15, 0.2) is 11.0 Å². The number of hydrogen-bond acceptors (Lipinski definition) is 6. The van der Waals surface area contributed by atoms with Gasteiger partial charge in [-0.05, 0) is 56.6 Å². The molecule has 8 nitrogen and oxygen atoms in total. The summed E-state index contributed by atoms with van der Waals surface area (Å²) in [6.07, 6.45) is 5.38. The van der Waals surface area contributed by atoms with Gasteiger partial charge in [-0.15, -0.1) is 10.2 Å². The summed E-state index contributed by atoms with van der Waals surface area (Å²) < 4.78 is 15.3. The highest BCUT2D eigenvalue weighted by Crippen LogP contribution is 2.24. The maximum Gasteiger partial charge on any atom is 0.321 e. The van der Waals surface area contributed by atoms with Crippen molar-refractivity contribution in [3.8, 4) is 5.69 Å². The summed E-state index contributed by atoms with van der Waals surface area (Å²) in [5, 5.41) is 14.1. The molecule has 1 fully saturated rings. The Hall–Kier alpha value is -2.46. The number of halogens is 1. The number of unbranched alkanes of at least 4 members (excludes halogenated alkanes) is 1. The van der Waals surface area contributed by atoms with Crippen molar-refractivity contribution in [1.82, 2.24) is 30.3 Å². The number of amides is 3. The number of thioether (sulfide) groups is 1. The fourth-order valence-corrected chi connectivity index (χ4v) is 4.15. The Morgan fingerprint density at radius 2 is 1.87 bits per heavy atom. The second-order valence-electron chi connectivity index (χ2n) is 7.49. The number of imide groups is 1. The molecule has 3 amide bonds. The number of nitrogens with one attached hydrogen (secondary N) is 2. The summed E-state index contributed by atoms with van der Waals surface area (Å²) in [5.74, 6) is 0.0283. The van der Waals surface area contributed by atoms with Crippen LogP contribution in [0.15, 0.2) is 29.4 Å². The molecule has 0 saturated carbocycles. The molecule has 0 unspecified atom stereocenters. The second kappa shape index (κ2) is 11.8. The smallest absolute Gasteiger partial charge is 0.321 e. The third-order valence-electron chi connectivity index (χ3n) is 5.00. The monoisotopic (exact) mass is 448 g/mol. The average molecular weight is 449 g/mol. The zero-order valence-corrected chi connectivity index (χ0v) is 18.6. The number of likely N-dealkylation sites (tertiary alicyclic amines) is 1. The molecule has 0 bridgehead atoms. The van der Waals surface area contributed by atoms with Crippen LogP contribution in [0.3, 0.4) is 0 Å². The van der Waals surface area contributed by atoms with E-state index in [0.29, 0.717) is 18.2 Å². The van der Waals surface area contributed by atoms with E-state index in [9.17, 15) is 14.0 Å². The number of benzene rings is 1. The van der Waals surface area contributed by atoms with E-state index >= 15 is 0 Å². The van der Waals surface area contributed by atoms with Gasteiger partial charge in [0.2, 0.25) is 5.91 Å². The van der Waals surface area contributed by atoms with Gasteiger partial charge < -0.3 is 5.32 Å². The SMILES string of the molecule is CCCCNC(=O)NC(=O)CSc1nnc(CN2CCCCC2)n1-c1ccc(F)cc1. The minimum absolute atomic E-state index is 0.0181. The molecule has 2 aromatic rings. The van der Waals surface area contributed by atoms with Crippen LogP contribution in [0.4, 0.5) is 9.18 Å². The molecule has 1 aromatic carbocycles. The van der Waals surface area contributed by atoms with Crippen LogP contribution in [-0.4, -0.2) is 57.0 Å². The molecule has 0 atom stereocenters. The van der Waals surface area contributed by atoms with E-state index in [1.807, 2.05) is 11.5 Å². The largest absolute Gasteiger partial charge is 0.338 e. The molecular formula is C21H29FN6O2S. The third-order valence-corrected chi connectivity index (χ3v) is 5.93. The number of carbonyl (C=O) groups excluding carboxylic acids is 2. The second-order valence-corrected chi connectivity index (χ2v) is 8.44. The van der Waals surface area contributed by atoms with Crippen molar-refractivity contribution < 1.29 is 14.0 Å². The van der Waals surface area contributed by atoms with Gasteiger partial charge in [0.1, 0.15) is 5.82 Å². The van der Waals surface area contributed by atoms with E-state index in [1.165, 1.54) is 30.3 Å². The zero-order valence-electron chi connectivity index (χ0n) is 17.8. The van der Waals surface area contributed by atoms with E-state index in [1.54, 1.807) is 12.1 Å². The number of piperidine rings is 1. The lowest BCUT2D eigenvalue weighted by atomic mass is 10.1. The summed E-state index contributed by atoms with van der Waals surface area (Å²) in [6, 6.07) is 5.63. The Kier molecular flexibility index (Phi) is 8.84. The molecule has 3 rings (SSSR count). The van der Waals surface area contributed by atoms with Crippen molar-refractivity contribution in [2.45, 2.75) is 50.7 Å². The van der Waals surface area contributed by atoms with Gasteiger partial charge in [-0.2, -0.15) is 0 Å². The number of urea groups is 1. The molecule has 2 heterocycles. The summed E-state index contributed by atoms with van der Waals surface area (Å²) in [5.41, 5.74) is 0.735. The lowest BCUT2D eigenvalue weighted by molar-refractivity contribution is -0.117. The average Bonchev–Trinajstić information content (AvgIpc) is 3.16. The Labute approximate surface area is 186 Å². The minimum Gasteiger partial charge on any atom is -0.338 e. The highest BCUT2D eigenvalue weighted by Gasteiger charge is 2.20. The van der Waals surface area contributed by atoms with Gasteiger partial charge in [-0.3, -0.25) is 19.6 Å². The Balaban J connectivity index is 1.68. The van der Waals surface area contributed by atoms with E-state index in [2.05, 4.69) is 25.7 Å². The summed E-state index contributed by atoms with van der Waals surface area (Å²) in [7, 11) is 0. The van der Waals surface area contributed by atoms with Gasteiger partial charge in [0.05, 0.1) is 12.3 Å². The maximum absolute atomic E-state index is 13.4. The van der Waals surface area contributed by atoms with Crippen molar-refractivity contribution in [3.05, 3.63) is 35.9 Å². The normalized spacial score (nSPS) is 14.4. The molecule has 10 heteroatoms. The first kappa shape index (κ1) is 23.2. The van der Waals surface area contributed by atoms with Crippen LogP contribution in [-0.2, 0) is 11.3 Å². The van der Waals surface area contributed by atoms with Crippen molar-refractivity contribution in [2.75, 3.05) is 25.4 Å². The molecule has 1 aliphatic heterocycles. The van der Waals surface area contributed by atoms with Gasteiger partial charge >= 0.3 is 6.03 Å². The van der Waals surface area contributed by atoms with Crippen LogP contribution >= 0.6 is 11.8 Å². The molecule has 168 valence electrons. The van der Waals surface area contributed by atoms with Crippen molar-refractivity contribution in [1.29, 1.82) is 0 Å². The van der Waals surface area contributed by atoms with Crippen LogP contribution in [0.5, 0.6) is 0 Å². The molecule has 0 spiro atoms. The fourth-order valence-electron chi connectivity index (χ4n) is 3.38. The van der Waals surface area contributed by atoms with Gasteiger partial charge in [0, 0.05) is 12.2 Å².